The Kier molecular flexibility index (Phi) is 7.15. The normalized spacial score (nSPS) is 33.6. The minimum atomic E-state index is 0. The smallest absolute Gasteiger partial charge is 0.225 e. The molecule has 3 N–H and O–H groups in total. The monoisotopic (exact) mass is 385 g/mol. The number of nitrogens with zero attached hydrogens (tertiary/aromatic N) is 1. The van der Waals surface area contributed by atoms with Crippen molar-refractivity contribution in [3.05, 3.63) is 35.9 Å². The van der Waals surface area contributed by atoms with Crippen LogP contribution in [0.2, 0.25) is 0 Å². The summed E-state index contributed by atoms with van der Waals surface area (Å²) in [5.74, 6) is 1.42. The second kappa shape index (κ2) is 8.72. The van der Waals surface area contributed by atoms with Crippen molar-refractivity contribution in [3.63, 3.8) is 0 Å². The van der Waals surface area contributed by atoms with Crippen LogP contribution in [0.4, 0.5) is 0 Å². The van der Waals surface area contributed by atoms with E-state index in [2.05, 4.69) is 40.5 Å². The Bertz CT molecular complexity index is 569. The molecule has 1 amide bonds. The van der Waals surface area contributed by atoms with Crippen molar-refractivity contribution in [2.45, 2.75) is 44.3 Å². The number of nitrogens with one attached hydrogen (secondary N) is 1. The Balaban J connectivity index is 0.00000113. The van der Waals surface area contributed by atoms with Crippen molar-refractivity contribution >= 4 is 30.7 Å². The summed E-state index contributed by atoms with van der Waals surface area (Å²) < 4.78 is 0. The zero-order chi connectivity index (χ0) is 15.8. The molecule has 2 aliphatic carbocycles. The van der Waals surface area contributed by atoms with Crippen molar-refractivity contribution < 1.29 is 4.79 Å². The molecule has 1 saturated heterocycles. The van der Waals surface area contributed by atoms with Gasteiger partial charge < -0.3 is 11.1 Å². The molecular weight excluding hydrogens is 357 g/mol. The lowest BCUT2D eigenvalue weighted by atomic mass is 9.84. The Morgan fingerprint density at radius 3 is 2.52 bits per heavy atom. The molecule has 5 unspecified atom stereocenters. The summed E-state index contributed by atoms with van der Waals surface area (Å²) in [4.78, 5) is 15.1. The molecule has 4 nitrogen and oxygen atoms in total. The minimum absolute atomic E-state index is 0. The topological polar surface area (TPSA) is 58.4 Å². The molecule has 0 radical (unpaired) electrons. The molecule has 2 saturated carbocycles. The summed E-state index contributed by atoms with van der Waals surface area (Å²) in [6, 6.07) is 10.9. The number of hydrogen-bond donors (Lipinski definition) is 2. The average Bonchev–Trinajstić information content (AvgIpc) is 3.25. The first-order valence-corrected chi connectivity index (χ1v) is 9.03. The summed E-state index contributed by atoms with van der Waals surface area (Å²) in [6.45, 7) is 2.99. The maximum Gasteiger partial charge on any atom is 0.225 e. The molecule has 0 spiro atoms. The number of carbonyl (C=O) groups excluding carboxylic acids is 1. The number of carbonyl (C=O) groups is 1. The first-order valence-electron chi connectivity index (χ1n) is 9.03. The zero-order valence-corrected chi connectivity index (χ0v) is 16.1. The van der Waals surface area contributed by atoms with E-state index in [0.29, 0.717) is 11.8 Å². The van der Waals surface area contributed by atoms with Crippen LogP contribution in [-0.4, -0.2) is 36.0 Å². The van der Waals surface area contributed by atoms with Gasteiger partial charge >= 0.3 is 0 Å². The number of amides is 1. The Morgan fingerprint density at radius 1 is 1.12 bits per heavy atom. The third kappa shape index (κ3) is 4.30. The van der Waals surface area contributed by atoms with Gasteiger partial charge in [-0.2, -0.15) is 0 Å². The third-order valence-electron chi connectivity index (χ3n) is 6.15. The largest absolute Gasteiger partial charge is 0.352 e. The van der Waals surface area contributed by atoms with Gasteiger partial charge in [0.05, 0.1) is 5.92 Å². The van der Waals surface area contributed by atoms with Crippen LogP contribution in [0.5, 0.6) is 0 Å². The molecule has 3 aliphatic rings. The van der Waals surface area contributed by atoms with Crippen molar-refractivity contribution in [1.82, 2.24) is 10.2 Å². The Morgan fingerprint density at radius 2 is 1.84 bits per heavy atom. The van der Waals surface area contributed by atoms with Crippen molar-refractivity contribution in [3.8, 4) is 0 Å². The van der Waals surface area contributed by atoms with Crippen LogP contribution >= 0.6 is 24.8 Å². The Hall–Kier alpha value is -0.810. The predicted octanol–water partition coefficient (Wildman–Crippen LogP) is 2.59. The highest BCUT2D eigenvalue weighted by molar-refractivity contribution is 5.85. The van der Waals surface area contributed by atoms with E-state index in [9.17, 15) is 4.79 Å². The number of halogens is 2. The van der Waals surface area contributed by atoms with Gasteiger partial charge in [0.2, 0.25) is 5.91 Å². The first-order chi connectivity index (χ1) is 11.2. The van der Waals surface area contributed by atoms with Crippen LogP contribution in [-0.2, 0) is 11.3 Å². The fourth-order valence-electron chi connectivity index (χ4n) is 4.96. The van der Waals surface area contributed by atoms with Gasteiger partial charge in [-0.1, -0.05) is 30.3 Å². The fourth-order valence-corrected chi connectivity index (χ4v) is 4.96. The molecule has 25 heavy (non-hydrogen) atoms. The van der Waals surface area contributed by atoms with Gasteiger partial charge in [0.15, 0.2) is 0 Å². The van der Waals surface area contributed by atoms with E-state index >= 15 is 0 Å². The lowest BCUT2D eigenvalue weighted by Crippen LogP contribution is -2.48. The van der Waals surface area contributed by atoms with Gasteiger partial charge in [-0.15, -0.1) is 24.8 Å². The fraction of sp³-hybridized carbons (Fsp3) is 0.632. The number of nitrogens with two attached hydrogens (primary N) is 1. The SMILES string of the molecule is Cl.Cl.NC1C2CCC(C2)C1C(=O)NC1CCN(Cc2ccccc2)C1. The quantitative estimate of drug-likeness (QED) is 0.837. The highest BCUT2D eigenvalue weighted by atomic mass is 35.5. The molecule has 0 aromatic heterocycles. The number of benzene rings is 1. The summed E-state index contributed by atoms with van der Waals surface area (Å²) >= 11 is 0. The van der Waals surface area contributed by atoms with E-state index in [1.807, 2.05) is 0 Å². The van der Waals surface area contributed by atoms with Crippen molar-refractivity contribution in [1.29, 1.82) is 0 Å². The molecule has 2 bridgehead atoms. The molecule has 1 aliphatic heterocycles. The molecule has 1 heterocycles. The van der Waals surface area contributed by atoms with Crippen molar-refractivity contribution in [2.75, 3.05) is 13.1 Å². The number of likely N-dealkylation sites (tertiary alicyclic amines) is 1. The highest BCUT2D eigenvalue weighted by Crippen LogP contribution is 2.47. The Labute approximate surface area is 162 Å². The first kappa shape index (κ1) is 20.5. The van der Waals surface area contributed by atoms with Crippen LogP contribution in [0.15, 0.2) is 30.3 Å². The zero-order valence-electron chi connectivity index (χ0n) is 14.5. The highest BCUT2D eigenvalue weighted by Gasteiger charge is 2.49. The standard InChI is InChI=1S/C19H27N3O.2ClH/c20-18-15-7-6-14(10-15)17(18)19(23)21-16-8-9-22(12-16)11-13-4-2-1-3-5-13;;/h1-5,14-18H,6-12,20H2,(H,21,23);2*1H. The van der Waals surface area contributed by atoms with E-state index in [1.165, 1.54) is 24.8 Å². The van der Waals surface area contributed by atoms with Gasteiger partial charge in [-0.3, -0.25) is 9.69 Å². The maximum absolute atomic E-state index is 12.7. The van der Waals surface area contributed by atoms with Crippen LogP contribution in [0.25, 0.3) is 0 Å². The van der Waals surface area contributed by atoms with Gasteiger partial charge in [-0.25, -0.2) is 0 Å². The lowest BCUT2D eigenvalue weighted by molar-refractivity contribution is -0.127. The van der Waals surface area contributed by atoms with Crippen LogP contribution in [0.3, 0.4) is 0 Å². The summed E-state index contributed by atoms with van der Waals surface area (Å²) in [5, 5.41) is 3.29. The number of hydrogen-bond acceptors (Lipinski definition) is 3. The molecule has 5 atom stereocenters. The van der Waals surface area contributed by atoms with Crippen LogP contribution in [0.1, 0.15) is 31.2 Å². The average molecular weight is 386 g/mol. The van der Waals surface area contributed by atoms with Gasteiger partial charge in [0.25, 0.3) is 0 Å². The molecule has 1 aromatic rings. The van der Waals surface area contributed by atoms with Gasteiger partial charge in [-0.05, 0) is 43.1 Å². The second-order valence-electron chi connectivity index (χ2n) is 7.65. The van der Waals surface area contributed by atoms with E-state index in [-0.39, 0.29) is 48.7 Å². The summed E-state index contributed by atoms with van der Waals surface area (Å²) in [5.41, 5.74) is 7.64. The maximum atomic E-state index is 12.7. The predicted molar refractivity (Wildman–Crippen MR) is 105 cm³/mol. The van der Waals surface area contributed by atoms with Gasteiger partial charge in [0.1, 0.15) is 0 Å². The van der Waals surface area contributed by atoms with E-state index in [1.54, 1.807) is 0 Å². The minimum Gasteiger partial charge on any atom is -0.352 e. The van der Waals surface area contributed by atoms with Crippen LogP contribution < -0.4 is 11.1 Å². The van der Waals surface area contributed by atoms with E-state index in [0.717, 1.165) is 26.1 Å². The molecule has 1 aromatic carbocycles. The van der Waals surface area contributed by atoms with E-state index in [4.69, 9.17) is 5.73 Å². The van der Waals surface area contributed by atoms with Crippen molar-refractivity contribution in [2.24, 2.45) is 23.5 Å². The summed E-state index contributed by atoms with van der Waals surface area (Å²) in [6.07, 6.45) is 4.64. The second-order valence-corrected chi connectivity index (χ2v) is 7.65. The molecule has 140 valence electrons. The van der Waals surface area contributed by atoms with Crippen LogP contribution in [0, 0.1) is 17.8 Å². The molecule has 6 heteroatoms. The number of rotatable bonds is 4. The lowest BCUT2D eigenvalue weighted by Gasteiger charge is -2.28. The molecule has 3 fully saturated rings. The third-order valence-corrected chi connectivity index (χ3v) is 6.15. The summed E-state index contributed by atoms with van der Waals surface area (Å²) in [7, 11) is 0. The molecule has 4 rings (SSSR count). The number of fused-ring (bicyclic) bond motifs is 2. The van der Waals surface area contributed by atoms with E-state index < -0.39 is 0 Å². The molecular formula is C19H29Cl2N3O. The van der Waals surface area contributed by atoms with Gasteiger partial charge in [0, 0.05) is 31.7 Å².